The van der Waals surface area contributed by atoms with Gasteiger partial charge in [-0.25, -0.2) is 20.8 Å². The van der Waals surface area contributed by atoms with E-state index < -0.39 is 13.2 Å². The van der Waals surface area contributed by atoms with E-state index in [1.165, 1.54) is 24.3 Å². The first-order valence-corrected chi connectivity index (χ1v) is 7.79. The van der Waals surface area contributed by atoms with E-state index in [9.17, 15) is 13.7 Å². The van der Waals surface area contributed by atoms with Crippen LogP contribution in [0.2, 0.25) is 5.02 Å². The molecule has 0 amide bonds. The first-order valence-electron chi connectivity index (χ1n) is 7.41. The number of hydrogen-bond acceptors (Lipinski definition) is 2. The first-order chi connectivity index (χ1) is 12.1. The van der Waals surface area contributed by atoms with Crippen LogP contribution in [-0.2, 0) is 17.1 Å². The Morgan fingerprint density at radius 2 is 1.81 bits per heavy atom. The third-order valence-electron chi connectivity index (χ3n) is 3.10. The standard InChI is InChI=1S/C14H10BClF2O2.C5H5.Fe/c16-11-6-7-12(14(9-11)20-15(17)18)13(19)8-5-10-3-1-2-4-10;1-2-4-5-3-1;/h1-9,19H;1-5H;/q;-1;+2/p-1. The maximum absolute atomic E-state index is 12.3. The van der Waals surface area contributed by atoms with Crippen molar-refractivity contribution in [1.29, 1.82) is 0 Å². The summed E-state index contributed by atoms with van der Waals surface area (Å²) in [5.74, 6) is -0.664. The molecule has 7 heteroatoms. The SMILES string of the molecule is [Fe+2].[O-]C(=CC=C1C=CC=C1)c1ccc(Cl)cc1OB(F)F.c1cc[cH-]c1. The summed E-state index contributed by atoms with van der Waals surface area (Å²) in [4.78, 5) is 0. The molecule has 0 saturated heterocycles. The molecule has 2 aromatic rings. The van der Waals surface area contributed by atoms with E-state index >= 15 is 0 Å². The van der Waals surface area contributed by atoms with Gasteiger partial charge in [-0.2, -0.15) is 18.2 Å². The maximum Gasteiger partial charge on any atom is 2.00 e. The fraction of sp³-hybridized carbons (Fsp3) is 0. The molecule has 0 bridgehead atoms. The molecule has 1 aliphatic rings. The molecule has 0 aliphatic heterocycles. The van der Waals surface area contributed by atoms with Crippen molar-refractivity contribution in [2.24, 2.45) is 0 Å². The minimum absolute atomic E-state index is 0. The topological polar surface area (TPSA) is 32.3 Å². The van der Waals surface area contributed by atoms with Gasteiger partial charge in [0.2, 0.25) is 0 Å². The van der Waals surface area contributed by atoms with E-state index in [2.05, 4.69) is 4.65 Å². The molecule has 3 rings (SSSR count). The predicted octanol–water partition coefficient (Wildman–Crippen LogP) is 4.80. The molecule has 0 aromatic heterocycles. The van der Waals surface area contributed by atoms with E-state index in [-0.39, 0.29) is 33.4 Å². The second-order valence-corrected chi connectivity index (χ2v) is 5.33. The molecule has 0 atom stereocenters. The molecule has 0 N–H and O–H groups in total. The molecular formula is C19H14BClF2FeO2. The van der Waals surface area contributed by atoms with Crippen molar-refractivity contribution >= 4 is 24.8 Å². The zero-order valence-corrected chi connectivity index (χ0v) is 15.3. The van der Waals surface area contributed by atoms with Gasteiger partial charge in [0, 0.05) is 10.6 Å². The molecule has 0 radical (unpaired) electrons. The van der Waals surface area contributed by atoms with Crippen LogP contribution in [0.1, 0.15) is 5.56 Å². The summed E-state index contributed by atoms with van der Waals surface area (Å²) in [5, 5.41) is 12.2. The van der Waals surface area contributed by atoms with Crippen molar-refractivity contribution in [3.63, 3.8) is 0 Å². The van der Waals surface area contributed by atoms with E-state index in [0.29, 0.717) is 0 Å². The molecule has 2 nitrogen and oxygen atoms in total. The zero-order valence-electron chi connectivity index (χ0n) is 13.5. The van der Waals surface area contributed by atoms with Gasteiger partial charge in [-0.1, -0.05) is 59.9 Å². The van der Waals surface area contributed by atoms with Gasteiger partial charge in [-0.05, 0) is 17.7 Å². The Labute approximate surface area is 167 Å². The van der Waals surface area contributed by atoms with Crippen LogP contribution in [0, 0.1) is 0 Å². The minimum atomic E-state index is -3.01. The van der Waals surface area contributed by atoms with E-state index in [4.69, 9.17) is 11.6 Å². The van der Waals surface area contributed by atoms with Crippen LogP contribution < -0.4 is 9.76 Å². The maximum atomic E-state index is 12.3. The van der Waals surface area contributed by atoms with E-state index in [1.54, 1.807) is 6.08 Å². The van der Waals surface area contributed by atoms with Gasteiger partial charge in [-0.3, -0.25) is 0 Å². The monoisotopic (exact) mass is 414 g/mol. The smallest absolute Gasteiger partial charge is 0.872 e. The number of allylic oxidation sites excluding steroid dienone is 7. The Morgan fingerprint density at radius 1 is 1.15 bits per heavy atom. The second kappa shape index (κ2) is 11.5. The Hall–Kier alpha value is -2.14. The second-order valence-electron chi connectivity index (χ2n) is 4.90. The van der Waals surface area contributed by atoms with Gasteiger partial charge in [0.25, 0.3) is 0 Å². The van der Waals surface area contributed by atoms with E-state index in [0.717, 1.165) is 5.57 Å². The van der Waals surface area contributed by atoms with Gasteiger partial charge < -0.3 is 9.76 Å². The Morgan fingerprint density at radius 3 is 2.35 bits per heavy atom. The number of benzene rings is 1. The van der Waals surface area contributed by atoms with Crippen LogP contribution in [0.5, 0.6) is 5.75 Å². The zero-order chi connectivity index (χ0) is 18.1. The van der Waals surface area contributed by atoms with Gasteiger partial charge in [0.15, 0.2) is 0 Å². The van der Waals surface area contributed by atoms with Crippen molar-refractivity contribution in [2.45, 2.75) is 0 Å². The summed E-state index contributed by atoms with van der Waals surface area (Å²) >= 11 is 5.71. The summed E-state index contributed by atoms with van der Waals surface area (Å²) in [6, 6.07) is 14.0. The molecule has 0 spiro atoms. The fourth-order valence-electron chi connectivity index (χ4n) is 1.98. The van der Waals surface area contributed by atoms with Crippen LogP contribution in [-0.4, -0.2) is 7.47 Å². The molecule has 2 aromatic carbocycles. The van der Waals surface area contributed by atoms with Gasteiger partial charge in [0.1, 0.15) is 5.75 Å². The Bertz CT molecular complexity index is 769. The third kappa shape index (κ3) is 7.40. The first kappa shape index (κ1) is 21.9. The Kier molecular flexibility index (Phi) is 9.67. The largest absolute Gasteiger partial charge is 2.00 e. The molecule has 0 heterocycles. The molecule has 134 valence electrons. The average Bonchev–Trinajstić information content (AvgIpc) is 3.28. The molecule has 0 fully saturated rings. The van der Waals surface area contributed by atoms with Gasteiger partial charge >= 0.3 is 24.5 Å². The molecular weight excluding hydrogens is 400 g/mol. The van der Waals surface area contributed by atoms with Crippen LogP contribution in [0.25, 0.3) is 5.76 Å². The molecule has 1 aliphatic carbocycles. The summed E-state index contributed by atoms with van der Waals surface area (Å²) in [5.41, 5.74) is 0.890. The predicted molar refractivity (Wildman–Crippen MR) is 96.4 cm³/mol. The number of rotatable bonds is 4. The fourth-order valence-corrected chi connectivity index (χ4v) is 2.14. The van der Waals surface area contributed by atoms with Crippen LogP contribution in [0.3, 0.4) is 0 Å². The van der Waals surface area contributed by atoms with Crippen molar-refractivity contribution in [3.05, 3.63) is 101 Å². The summed E-state index contributed by atoms with van der Waals surface area (Å²) < 4.78 is 28.9. The van der Waals surface area contributed by atoms with Gasteiger partial charge in [-0.15, -0.1) is 0 Å². The minimum Gasteiger partial charge on any atom is -0.872 e. The molecule has 0 saturated carbocycles. The van der Waals surface area contributed by atoms with Crippen molar-refractivity contribution in [2.75, 3.05) is 0 Å². The van der Waals surface area contributed by atoms with Crippen LogP contribution in [0.15, 0.2) is 90.6 Å². The normalized spacial score (nSPS) is 12.1. The van der Waals surface area contributed by atoms with Crippen LogP contribution in [0.4, 0.5) is 8.63 Å². The number of halogens is 3. The number of hydrogen-bond donors (Lipinski definition) is 0. The molecule has 26 heavy (non-hydrogen) atoms. The van der Waals surface area contributed by atoms with Gasteiger partial charge in [0.05, 0.1) is 0 Å². The summed E-state index contributed by atoms with van der Waals surface area (Å²) in [6.45, 7) is 0. The average molecular weight is 414 g/mol. The summed E-state index contributed by atoms with van der Waals surface area (Å²) in [7, 11) is -3.01. The van der Waals surface area contributed by atoms with E-state index in [1.807, 2.05) is 54.6 Å². The third-order valence-corrected chi connectivity index (χ3v) is 3.33. The van der Waals surface area contributed by atoms with Crippen molar-refractivity contribution in [1.82, 2.24) is 0 Å². The van der Waals surface area contributed by atoms with Crippen LogP contribution >= 0.6 is 11.6 Å². The molecule has 0 unspecified atom stereocenters. The van der Waals surface area contributed by atoms with Crippen molar-refractivity contribution in [3.8, 4) is 5.75 Å². The quantitative estimate of drug-likeness (QED) is 0.409. The van der Waals surface area contributed by atoms with Crippen molar-refractivity contribution < 1.29 is 35.5 Å². The summed E-state index contributed by atoms with van der Waals surface area (Å²) in [6.07, 6.45) is 10.2. The Balaban J connectivity index is 0.000000486.